The molecule has 1 saturated carbocycles. The highest BCUT2D eigenvalue weighted by Gasteiger charge is 2.33. The van der Waals surface area contributed by atoms with Crippen molar-refractivity contribution in [1.29, 1.82) is 0 Å². The highest BCUT2D eigenvalue weighted by Crippen LogP contribution is 2.29. The third kappa shape index (κ3) is 7.09. The van der Waals surface area contributed by atoms with Crippen LogP contribution in [0.2, 0.25) is 0 Å². The number of hydrogen-bond donors (Lipinski definition) is 1. The maximum absolute atomic E-state index is 13.8. The summed E-state index contributed by atoms with van der Waals surface area (Å²) in [6.07, 6.45) is 5.62. The van der Waals surface area contributed by atoms with Crippen molar-refractivity contribution in [3.05, 3.63) is 65.7 Å². The molecule has 8 heteroatoms. The first-order valence-electron chi connectivity index (χ1n) is 12.8. The van der Waals surface area contributed by atoms with Crippen LogP contribution in [0.15, 0.2) is 54.6 Å². The zero-order valence-corrected chi connectivity index (χ0v) is 22.6. The number of sulfonamides is 1. The van der Waals surface area contributed by atoms with Crippen molar-refractivity contribution in [2.45, 2.75) is 77.4 Å². The lowest BCUT2D eigenvalue weighted by atomic mass is 10.0. The molecule has 0 bridgehead atoms. The minimum Gasteiger partial charge on any atom is -0.352 e. The lowest BCUT2D eigenvalue weighted by Gasteiger charge is -2.34. The van der Waals surface area contributed by atoms with Crippen LogP contribution < -0.4 is 9.62 Å². The smallest absolute Gasteiger partial charge is 0.244 e. The standard InChI is InChI=1S/C28H39N3O4S/c1-5-25(28(33)29-23-15-9-10-16-23)30(19-22-13-7-6-8-14-22)27(32)20-31(36(4,34)35)26-18-12-11-17-24(26)21(2)3/h6-8,11-14,17-18,21,23,25H,5,9-10,15-16,19-20H2,1-4H3,(H,29,33). The number of para-hydroxylation sites is 1. The molecule has 1 aliphatic rings. The molecule has 2 aromatic carbocycles. The molecule has 196 valence electrons. The summed E-state index contributed by atoms with van der Waals surface area (Å²) in [5.41, 5.74) is 2.22. The van der Waals surface area contributed by atoms with Crippen molar-refractivity contribution in [2.75, 3.05) is 17.1 Å². The van der Waals surface area contributed by atoms with Gasteiger partial charge in [-0.05, 0) is 42.4 Å². The zero-order chi connectivity index (χ0) is 26.3. The minimum atomic E-state index is -3.76. The van der Waals surface area contributed by atoms with Crippen LogP contribution >= 0.6 is 0 Å². The Morgan fingerprint density at radius 3 is 2.19 bits per heavy atom. The molecule has 1 unspecified atom stereocenters. The molecule has 0 aromatic heterocycles. The maximum Gasteiger partial charge on any atom is 0.244 e. The van der Waals surface area contributed by atoms with Crippen molar-refractivity contribution in [3.63, 3.8) is 0 Å². The fourth-order valence-corrected chi connectivity index (χ4v) is 5.73. The lowest BCUT2D eigenvalue weighted by Crippen LogP contribution is -2.53. The van der Waals surface area contributed by atoms with Gasteiger partial charge in [-0.15, -0.1) is 0 Å². The lowest BCUT2D eigenvalue weighted by molar-refractivity contribution is -0.140. The highest BCUT2D eigenvalue weighted by molar-refractivity contribution is 7.92. The summed E-state index contributed by atoms with van der Waals surface area (Å²) >= 11 is 0. The van der Waals surface area contributed by atoms with Crippen LogP contribution in [0.1, 0.15) is 69.9 Å². The largest absolute Gasteiger partial charge is 0.352 e. The first-order valence-corrected chi connectivity index (χ1v) is 14.7. The molecule has 0 saturated heterocycles. The quantitative estimate of drug-likeness (QED) is 0.481. The summed E-state index contributed by atoms with van der Waals surface area (Å²) in [6.45, 7) is 5.71. The Labute approximate surface area is 215 Å². The Bertz CT molecular complexity index is 1130. The van der Waals surface area contributed by atoms with Crippen molar-refractivity contribution in [1.82, 2.24) is 10.2 Å². The number of nitrogens with one attached hydrogen (secondary N) is 1. The van der Waals surface area contributed by atoms with Crippen LogP contribution in [0.5, 0.6) is 0 Å². The maximum atomic E-state index is 13.8. The van der Waals surface area contributed by atoms with Gasteiger partial charge in [0.1, 0.15) is 12.6 Å². The molecule has 3 rings (SSSR count). The van der Waals surface area contributed by atoms with E-state index in [-0.39, 0.29) is 31.0 Å². The van der Waals surface area contributed by atoms with Crippen LogP contribution in [0.25, 0.3) is 0 Å². The van der Waals surface area contributed by atoms with Crippen molar-refractivity contribution in [3.8, 4) is 0 Å². The van der Waals surface area contributed by atoms with Gasteiger partial charge in [-0.3, -0.25) is 13.9 Å². The summed E-state index contributed by atoms with van der Waals surface area (Å²) in [5.74, 6) is -0.514. The second-order valence-corrected chi connectivity index (χ2v) is 11.8. The van der Waals surface area contributed by atoms with E-state index in [1.807, 2.05) is 63.2 Å². The number of benzene rings is 2. The Balaban J connectivity index is 1.94. The summed E-state index contributed by atoms with van der Waals surface area (Å²) in [4.78, 5) is 28.7. The monoisotopic (exact) mass is 513 g/mol. The van der Waals surface area contributed by atoms with Crippen molar-refractivity contribution < 1.29 is 18.0 Å². The number of rotatable bonds is 11. The van der Waals surface area contributed by atoms with Gasteiger partial charge in [0.05, 0.1) is 11.9 Å². The molecule has 2 aromatic rings. The van der Waals surface area contributed by atoms with E-state index in [0.29, 0.717) is 12.1 Å². The van der Waals surface area contributed by atoms with E-state index in [4.69, 9.17) is 0 Å². The zero-order valence-electron chi connectivity index (χ0n) is 21.8. The molecule has 0 spiro atoms. The van der Waals surface area contributed by atoms with Gasteiger partial charge in [0.15, 0.2) is 0 Å². The van der Waals surface area contributed by atoms with E-state index in [2.05, 4.69) is 5.32 Å². The normalized spacial score (nSPS) is 15.0. The Hall–Kier alpha value is -2.87. The van der Waals surface area contributed by atoms with Gasteiger partial charge in [0.25, 0.3) is 0 Å². The second-order valence-electron chi connectivity index (χ2n) is 9.90. The van der Waals surface area contributed by atoms with Crippen molar-refractivity contribution in [2.24, 2.45) is 0 Å². The first-order chi connectivity index (χ1) is 17.1. The summed E-state index contributed by atoms with van der Waals surface area (Å²) < 4.78 is 27.0. The molecule has 7 nitrogen and oxygen atoms in total. The van der Waals surface area contributed by atoms with E-state index in [9.17, 15) is 18.0 Å². The summed E-state index contributed by atoms with van der Waals surface area (Å²) in [7, 11) is -3.76. The SMILES string of the molecule is CCC(C(=O)NC1CCCC1)N(Cc1ccccc1)C(=O)CN(c1ccccc1C(C)C)S(C)(=O)=O. The van der Waals surface area contributed by atoms with E-state index < -0.39 is 22.0 Å². The Kier molecular flexibility index (Phi) is 9.54. The predicted octanol–water partition coefficient (Wildman–Crippen LogP) is 4.44. The van der Waals surface area contributed by atoms with Crippen LogP contribution in [-0.4, -0.2) is 50.0 Å². The van der Waals surface area contributed by atoms with Crippen LogP contribution in [-0.2, 0) is 26.2 Å². The van der Waals surface area contributed by atoms with Gasteiger partial charge in [-0.1, -0.05) is 82.1 Å². The average molecular weight is 514 g/mol. The third-order valence-electron chi connectivity index (χ3n) is 6.79. The second kappa shape index (κ2) is 12.4. The number of hydrogen-bond acceptors (Lipinski definition) is 4. The molecular weight excluding hydrogens is 474 g/mol. The van der Waals surface area contributed by atoms with Crippen LogP contribution in [0, 0.1) is 0 Å². The highest BCUT2D eigenvalue weighted by atomic mass is 32.2. The predicted molar refractivity (Wildman–Crippen MR) is 144 cm³/mol. The molecule has 1 aliphatic carbocycles. The molecule has 0 aliphatic heterocycles. The molecule has 1 atom stereocenters. The Morgan fingerprint density at radius 1 is 1.00 bits per heavy atom. The van der Waals surface area contributed by atoms with Gasteiger partial charge < -0.3 is 10.2 Å². The van der Waals surface area contributed by atoms with Gasteiger partial charge in [0.2, 0.25) is 21.8 Å². The van der Waals surface area contributed by atoms with Crippen LogP contribution in [0.4, 0.5) is 5.69 Å². The van der Waals surface area contributed by atoms with Gasteiger partial charge in [0, 0.05) is 12.6 Å². The van der Waals surface area contributed by atoms with Gasteiger partial charge in [-0.2, -0.15) is 0 Å². The number of anilines is 1. The Morgan fingerprint density at radius 2 is 1.61 bits per heavy atom. The molecule has 0 radical (unpaired) electrons. The summed E-state index contributed by atoms with van der Waals surface area (Å²) in [6, 6.07) is 16.2. The topological polar surface area (TPSA) is 86.8 Å². The molecule has 0 heterocycles. The molecular formula is C28H39N3O4S. The minimum absolute atomic E-state index is 0.0709. The molecule has 1 fully saturated rings. The van der Waals surface area contributed by atoms with Gasteiger partial charge in [-0.25, -0.2) is 8.42 Å². The van der Waals surface area contributed by atoms with E-state index in [1.54, 1.807) is 12.1 Å². The summed E-state index contributed by atoms with van der Waals surface area (Å²) in [5, 5.41) is 3.13. The number of carbonyl (C=O) groups is 2. The van der Waals surface area contributed by atoms with Gasteiger partial charge >= 0.3 is 0 Å². The van der Waals surface area contributed by atoms with E-state index >= 15 is 0 Å². The van der Waals surface area contributed by atoms with E-state index in [1.165, 1.54) is 9.21 Å². The number of amides is 2. The fourth-order valence-electron chi connectivity index (χ4n) is 4.86. The van der Waals surface area contributed by atoms with E-state index in [0.717, 1.165) is 43.1 Å². The molecule has 1 N–H and O–H groups in total. The fraction of sp³-hybridized carbons (Fsp3) is 0.500. The molecule has 36 heavy (non-hydrogen) atoms. The van der Waals surface area contributed by atoms with Crippen LogP contribution in [0.3, 0.4) is 0 Å². The first kappa shape index (κ1) is 27.7. The average Bonchev–Trinajstić information content (AvgIpc) is 3.35. The van der Waals surface area contributed by atoms with Crippen molar-refractivity contribution >= 4 is 27.5 Å². The number of carbonyl (C=O) groups excluding carboxylic acids is 2. The third-order valence-corrected chi connectivity index (χ3v) is 7.92. The molecule has 2 amide bonds. The number of nitrogens with zero attached hydrogens (tertiary/aromatic N) is 2.